The Morgan fingerprint density at radius 3 is 2.20 bits per heavy atom. The van der Waals surface area contributed by atoms with Gasteiger partial charge in [0.1, 0.15) is 22.9 Å². The SMILES string of the molecule is O=C(NCCNC(=O)c1c(F)cc(O[C@H]2CC[C@@H](C(=O)O)CC2)cc1F)c1cc2ccccc2s1. The van der Waals surface area contributed by atoms with Crippen LogP contribution in [-0.2, 0) is 4.79 Å². The average molecular weight is 503 g/mol. The summed E-state index contributed by atoms with van der Waals surface area (Å²) in [7, 11) is 0. The zero-order valence-corrected chi connectivity index (χ0v) is 19.5. The fraction of sp³-hybridized carbons (Fsp3) is 0.320. The highest BCUT2D eigenvalue weighted by Crippen LogP contribution is 2.29. The molecule has 7 nitrogen and oxygen atoms in total. The van der Waals surface area contributed by atoms with E-state index in [1.165, 1.54) is 11.3 Å². The van der Waals surface area contributed by atoms with E-state index in [1.54, 1.807) is 6.07 Å². The van der Waals surface area contributed by atoms with E-state index in [4.69, 9.17) is 9.84 Å². The second kappa shape index (κ2) is 10.8. The van der Waals surface area contributed by atoms with Crippen molar-refractivity contribution < 1.29 is 33.0 Å². The van der Waals surface area contributed by atoms with Gasteiger partial charge in [-0.05, 0) is 43.2 Å². The summed E-state index contributed by atoms with van der Waals surface area (Å²) in [5, 5.41) is 15.1. The number of nitrogens with one attached hydrogen (secondary N) is 2. The minimum absolute atomic E-state index is 0.0145. The molecule has 3 aromatic rings. The lowest BCUT2D eigenvalue weighted by molar-refractivity contribution is -0.143. The van der Waals surface area contributed by atoms with E-state index < -0.39 is 35.0 Å². The first kappa shape index (κ1) is 24.6. The van der Waals surface area contributed by atoms with Crippen molar-refractivity contribution in [2.24, 2.45) is 5.92 Å². The second-order valence-corrected chi connectivity index (χ2v) is 9.44. The molecule has 0 aliphatic heterocycles. The van der Waals surface area contributed by atoms with Crippen LogP contribution in [0.2, 0.25) is 0 Å². The predicted molar refractivity (Wildman–Crippen MR) is 127 cm³/mol. The van der Waals surface area contributed by atoms with Gasteiger partial charge in [-0.25, -0.2) is 8.78 Å². The molecule has 0 spiro atoms. The Hall–Kier alpha value is -3.53. The number of aliphatic carboxylic acids is 1. The van der Waals surface area contributed by atoms with Gasteiger partial charge in [-0.2, -0.15) is 0 Å². The Labute approximate surface area is 204 Å². The van der Waals surface area contributed by atoms with Crippen molar-refractivity contribution in [3.63, 3.8) is 0 Å². The smallest absolute Gasteiger partial charge is 0.306 e. The second-order valence-electron chi connectivity index (χ2n) is 8.35. The number of rotatable bonds is 8. The molecule has 184 valence electrons. The van der Waals surface area contributed by atoms with E-state index in [-0.39, 0.29) is 30.9 Å². The summed E-state index contributed by atoms with van der Waals surface area (Å²) in [5.41, 5.74) is -0.734. The molecule has 2 amide bonds. The van der Waals surface area contributed by atoms with Crippen molar-refractivity contribution in [2.75, 3.05) is 13.1 Å². The molecule has 0 radical (unpaired) electrons. The third-order valence-electron chi connectivity index (χ3n) is 5.91. The molecule has 1 aliphatic rings. The van der Waals surface area contributed by atoms with E-state index in [9.17, 15) is 23.2 Å². The summed E-state index contributed by atoms with van der Waals surface area (Å²) >= 11 is 1.35. The van der Waals surface area contributed by atoms with Crippen LogP contribution in [0.3, 0.4) is 0 Å². The maximum atomic E-state index is 14.5. The van der Waals surface area contributed by atoms with Crippen LogP contribution in [-0.4, -0.2) is 42.1 Å². The lowest BCUT2D eigenvalue weighted by atomic mass is 9.87. The highest BCUT2D eigenvalue weighted by Gasteiger charge is 2.27. The Morgan fingerprint density at radius 1 is 0.943 bits per heavy atom. The number of carbonyl (C=O) groups is 3. The first-order valence-corrected chi connectivity index (χ1v) is 12.1. The van der Waals surface area contributed by atoms with Crippen LogP contribution in [0, 0.1) is 17.6 Å². The molecule has 10 heteroatoms. The molecule has 1 fully saturated rings. The van der Waals surface area contributed by atoms with Gasteiger partial charge in [0.25, 0.3) is 11.8 Å². The summed E-state index contributed by atoms with van der Waals surface area (Å²) in [6, 6.07) is 11.3. The van der Waals surface area contributed by atoms with Crippen molar-refractivity contribution in [1.82, 2.24) is 10.6 Å². The fourth-order valence-corrected chi connectivity index (χ4v) is 5.06. The predicted octanol–water partition coefficient (Wildman–Crippen LogP) is 4.36. The standard InChI is InChI=1S/C25H24F2N2O5S/c26-18-12-17(34-16-7-5-14(6-8-16)25(32)33)13-19(27)22(18)24(31)29-10-9-28-23(30)21-11-15-3-1-2-4-20(15)35-21/h1-4,11-14,16H,5-10H2,(H,28,30)(H,29,31)(H,32,33)/t14-,16+. The number of hydrogen-bond acceptors (Lipinski definition) is 5. The molecule has 0 bridgehead atoms. The molecular weight excluding hydrogens is 478 g/mol. The van der Waals surface area contributed by atoms with Gasteiger partial charge >= 0.3 is 5.97 Å². The molecule has 35 heavy (non-hydrogen) atoms. The molecule has 1 heterocycles. The molecule has 3 N–H and O–H groups in total. The molecule has 0 saturated heterocycles. The Morgan fingerprint density at radius 2 is 1.57 bits per heavy atom. The molecule has 1 aromatic heterocycles. The minimum Gasteiger partial charge on any atom is -0.490 e. The number of carboxylic acid groups (broad SMARTS) is 1. The van der Waals surface area contributed by atoms with E-state index in [0.717, 1.165) is 22.2 Å². The normalized spacial score (nSPS) is 17.7. The lowest BCUT2D eigenvalue weighted by Gasteiger charge is -2.26. The van der Waals surface area contributed by atoms with Crippen LogP contribution in [0.5, 0.6) is 5.75 Å². The van der Waals surface area contributed by atoms with E-state index >= 15 is 0 Å². The number of carbonyl (C=O) groups excluding carboxylic acids is 2. The number of carboxylic acids is 1. The molecular formula is C25H24F2N2O5S. The van der Waals surface area contributed by atoms with Crippen LogP contribution in [0.1, 0.15) is 45.7 Å². The van der Waals surface area contributed by atoms with Crippen molar-refractivity contribution in [1.29, 1.82) is 0 Å². The summed E-state index contributed by atoms with van der Waals surface area (Å²) in [4.78, 5) is 36.2. The van der Waals surface area contributed by atoms with Crippen LogP contribution in [0.25, 0.3) is 10.1 Å². The van der Waals surface area contributed by atoms with Crippen LogP contribution in [0.15, 0.2) is 42.5 Å². The first-order valence-electron chi connectivity index (χ1n) is 11.3. The maximum absolute atomic E-state index is 14.5. The highest BCUT2D eigenvalue weighted by molar-refractivity contribution is 7.20. The van der Waals surface area contributed by atoms with Gasteiger partial charge in [0, 0.05) is 29.9 Å². The summed E-state index contributed by atoms with van der Waals surface area (Å²) < 4.78 is 35.6. The number of amides is 2. The van der Waals surface area contributed by atoms with Gasteiger partial charge in [-0.3, -0.25) is 14.4 Å². The third kappa shape index (κ3) is 5.94. The maximum Gasteiger partial charge on any atom is 0.306 e. The molecule has 0 unspecified atom stereocenters. The summed E-state index contributed by atoms with van der Waals surface area (Å²) in [5.74, 6) is -4.69. The number of halogens is 2. The third-order valence-corrected chi connectivity index (χ3v) is 7.03. The summed E-state index contributed by atoms with van der Waals surface area (Å²) in [6.45, 7) is 0.0711. The van der Waals surface area contributed by atoms with Crippen molar-refractivity contribution in [3.8, 4) is 5.75 Å². The topological polar surface area (TPSA) is 105 Å². The molecule has 1 aliphatic carbocycles. The quantitative estimate of drug-likeness (QED) is 0.397. The number of hydrogen-bond donors (Lipinski definition) is 3. The van der Waals surface area contributed by atoms with Crippen molar-refractivity contribution in [2.45, 2.75) is 31.8 Å². The van der Waals surface area contributed by atoms with E-state index in [0.29, 0.717) is 30.6 Å². The van der Waals surface area contributed by atoms with E-state index in [1.807, 2.05) is 24.3 Å². The first-order chi connectivity index (χ1) is 16.8. The van der Waals surface area contributed by atoms with Gasteiger partial charge in [0.2, 0.25) is 0 Å². The van der Waals surface area contributed by atoms with Gasteiger partial charge in [0.05, 0.1) is 16.9 Å². The Balaban J connectivity index is 1.27. The molecule has 0 atom stereocenters. The Kier molecular flexibility index (Phi) is 7.60. The lowest BCUT2D eigenvalue weighted by Crippen LogP contribution is -2.35. The fourth-order valence-electron chi connectivity index (χ4n) is 4.08. The Bertz CT molecular complexity index is 1200. The molecule has 4 rings (SSSR count). The highest BCUT2D eigenvalue weighted by atomic mass is 32.1. The van der Waals surface area contributed by atoms with Crippen molar-refractivity contribution >= 4 is 39.2 Å². The zero-order valence-electron chi connectivity index (χ0n) is 18.7. The number of benzene rings is 2. The largest absolute Gasteiger partial charge is 0.490 e. The minimum atomic E-state index is -1.06. The van der Waals surface area contributed by atoms with E-state index in [2.05, 4.69) is 10.6 Å². The van der Waals surface area contributed by atoms with Gasteiger partial charge in [-0.1, -0.05) is 18.2 Å². The average Bonchev–Trinajstić information content (AvgIpc) is 3.26. The van der Waals surface area contributed by atoms with Gasteiger partial charge < -0.3 is 20.5 Å². The van der Waals surface area contributed by atoms with Gasteiger partial charge in [0.15, 0.2) is 0 Å². The van der Waals surface area contributed by atoms with Crippen molar-refractivity contribution in [3.05, 3.63) is 64.5 Å². The molecule has 1 saturated carbocycles. The number of ether oxygens (including phenoxy) is 1. The zero-order chi connectivity index (χ0) is 24.9. The number of thiophene rings is 1. The van der Waals surface area contributed by atoms with Crippen LogP contribution < -0.4 is 15.4 Å². The monoisotopic (exact) mass is 502 g/mol. The van der Waals surface area contributed by atoms with Crippen LogP contribution in [0.4, 0.5) is 8.78 Å². The van der Waals surface area contributed by atoms with Crippen LogP contribution >= 0.6 is 11.3 Å². The number of fused-ring (bicyclic) bond motifs is 1. The summed E-state index contributed by atoms with van der Waals surface area (Å²) in [6.07, 6.45) is 1.47. The molecule has 2 aromatic carbocycles. The van der Waals surface area contributed by atoms with Gasteiger partial charge in [-0.15, -0.1) is 11.3 Å².